The van der Waals surface area contributed by atoms with Gasteiger partial charge in [0, 0.05) is 16.5 Å². The lowest BCUT2D eigenvalue weighted by atomic mass is 10.1. The Labute approximate surface area is 167 Å². The Balaban J connectivity index is 1.58. The van der Waals surface area contributed by atoms with Gasteiger partial charge in [-0.2, -0.15) is 0 Å². The van der Waals surface area contributed by atoms with Gasteiger partial charge < -0.3 is 14.2 Å². The Morgan fingerprint density at radius 2 is 1.48 bits per heavy atom. The molecule has 1 aliphatic heterocycles. The first-order valence-electron chi connectivity index (χ1n) is 8.47. The van der Waals surface area contributed by atoms with Crippen LogP contribution in [0.25, 0.3) is 0 Å². The third-order valence-electron chi connectivity index (χ3n) is 4.18. The van der Waals surface area contributed by atoms with Gasteiger partial charge in [-0.25, -0.2) is 9.59 Å². The average Bonchev–Trinajstić information content (AvgIpc) is 3.00. The van der Waals surface area contributed by atoms with Crippen molar-refractivity contribution in [3.05, 3.63) is 69.7 Å². The lowest BCUT2D eigenvalue weighted by molar-refractivity contribution is -0.0394. The molecule has 1 fully saturated rings. The summed E-state index contributed by atoms with van der Waals surface area (Å²) in [6, 6.07) is 12.8. The van der Waals surface area contributed by atoms with Crippen LogP contribution in [-0.4, -0.2) is 36.9 Å². The molecule has 0 amide bonds. The van der Waals surface area contributed by atoms with Gasteiger partial charge in [-0.1, -0.05) is 23.2 Å². The summed E-state index contributed by atoms with van der Waals surface area (Å²) in [7, 11) is 0. The Hall–Kier alpha value is -2.08. The van der Waals surface area contributed by atoms with E-state index in [0.29, 0.717) is 27.6 Å². The summed E-state index contributed by atoms with van der Waals surface area (Å²) in [4.78, 5) is 24.4. The molecule has 3 atom stereocenters. The first kappa shape index (κ1) is 19.7. The number of hydrogen-bond donors (Lipinski definition) is 0. The molecule has 27 heavy (non-hydrogen) atoms. The standard InChI is InChI=1S/C20H18Cl2O5/c1-12-10-17(27-20(24)14-4-8-16(22)9-5-14)18(26-12)11-25-19(23)13-2-6-15(21)7-3-13/h2-9,12,17-18H,10-11H2,1H3/t12-,17+,18+/m0/s1. The molecule has 0 bridgehead atoms. The third-order valence-corrected chi connectivity index (χ3v) is 4.69. The minimum Gasteiger partial charge on any atom is -0.459 e. The van der Waals surface area contributed by atoms with E-state index < -0.39 is 24.1 Å². The fourth-order valence-electron chi connectivity index (χ4n) is 2.81. The van der Waals surface area contributed by atoms with E-state index in [1.165, 1.54) is 0 Å². The monoisotopic (exact) mass is 408 g/mol. The fraction of sp³-hybridized carbons (Fsp3) is 0.300. The SMILES string of the molecule is C[C@H]1C[C@@H](OC(=O)c2ccc(Cl)cc2)[C@@H](COC(=O)c2ccc(Cl)cc2)O1. The number of hydrogen-bond acceptors (Lipinski definition) is 5. The molecule has 0 aliphatic carbocycles. The lowest BCUT2D eigenvalue weighted by Gasteiger charge is -2.19. The first-order chi connectivity index (χ1) is 12.9. The maximum absolute atomic E-state index is 12.3. The number of halogens is 2. The van der Waals surface area contributed by atoms with Crippen molar-refractivity contribution in [3.8, 4) is 0 Å². The largest absolute Gasteiger partial charge is 0.459 e. The third kappa shape index (κ3) is 5.22. The molecule has 0 saturated carbocycles. The predicted molar refractivity (Wildman–Crippen MR) is 101 cm³/mol. The first-order valence-corrected chi connectivity index (χ1v) is 9.22. The van der Waals surface area contributed by atoms with Crippen LogP contribution in [0.3, 0.4) is 0 Å². The van der Waals surface area contributed by atoms with Crippen molar-refractivity contribution in [1.29, 1.82) is 0 Å². The van der Waals surface area contributed by atoms with Crippen molar-refractivity contribution in [1.82, 2.24) is 0 Å². The van der Waals surface area contributed by atoms with E-state index in [1.54, 1.807) is 48.5 Å². The second-order valence-corrected chi connectivity index (χ2v) is 7.15. The molecule has 3 rings (SSSR count). The number of esters is 2. The topological polar surface area (TPSA) is 61.8 Å². The number of ether oxygens (including phenoxy) is 3. The van der Waals surface area contributed by atoms with Gasteiger partial charge in [-0.15, -0.1) is 0 Å². The highest BCUT2D eigenvalue weighted by Crippen LogP contribution is 2.25. The number of rotatable bonds is 5. The molecular formula is C20H18Cl2O5. The zero-order valence-corrected chi connectivity index (χ0v) is 16.1. The molecule has 7 heteroatoms. The Bertz CT molecular complexity index is 804. The summed E-state index contributed by atoms with van der Waals surface area (Å²) >= 11 is 11.6. The number of carbonyl (C=O) groups is 2. The van der Waals surface area contributed by atoms with Crippen molar-refractivity contribution in [3.63, 3.8) is 0 Å². The van der Waals surface area contributed by atoms with E-state index in [9.17, 15) is 9.59 Å². The second-order valence-electron chi connectivity index (χ2n) is 6.28. The van der Waals surface area contributed by atoms with E-state index in [-0.39, 0.29) is 12.7 Å². The van der Waals surface area contributed by atoms with Crippen LogP contribution in [0.2, 0.25) is 10.0 Å². The van der Waals surface area contributed by atoms with Gasteiger partial charge >= 0.3 is 11.9 Å². The van der Waals surface area contributed by atoms with Gasteiger partial charge in [0.05, 0.1) is 17.2 Å². The zero-order chi connectivity index (χ0) is 19.4. The van der Waals surface area contributed by atoms with Crippen LogP contribution in [-0.2, 0) is 14.2 Å². The van der Waals surface area contributed by atoms with Crippen molar-refractivity contribution >= 4 is 35.1 Å². The predicted octanol–water partition coefficient (Wildman–Crippen LogP) is 4.55. The fourth-order valence-corrected chi connectivity index (χ4v) is 3.06. The molecule has 1 aliphatic rings. The van der Waals surface area contributed by atoms with Gasteiger partial charge in [-0.3, -0.25) is 0 Å². The molecule has 0 spiro atoms. The summed E-state index contributed by atoms with van der Waals surface area (Å²) in [5, 5.41) is 1.07. The van der Waals surface area contributed by atoms with Gasteiger partial charge in [-0.05, 0) is 55.5 Å². The Kier molecular flexibility index (Phi) is 6.37. The molecule has 5 nitrogen and oxygen atoms in total. The Morgan fingerprint density at radius 1 is 0.963 bits per heavy atom. The minimum atomic E-state index is -0.521. The summed E-state index contributed by atoms with van der Waals surface area (Å²) in [5.74, 6) is -0.957. The van der Waals surface area contributed by atoms with Gasteiger partial charge in [0.15, 0.2) is 0 Å². The highest BCUT2D eigenvalue weighted by atomic mass is 35.5. The Morgan fingerprint density at radius 3 is 2.04 bits per heavy atom. The molecule has 1 heterocycles. The second kappa shape index (κ2) is 8.74. The molecule has 0 N–H and O–H groups in total. The lowest BCUT2D eigenvalue weighted by Crippen LogP contribution is -2.32. The van der Waals surface area contributed by atoms with Crippen molar-refractivity contribution in [2.45, 2.75) is 31.7 Å². The number of carbonyl (C=O) groups excluding carboxylic acids is 2. The maximum atomic E-state index is 12.3. The van der Waals surface area contributed by atoms with E-state index in [2.05, 4.69) is 0 Å². The van der Waals surface area contributed by atoms with Crippen molar-refractivity contribution < 1.29 is 23.8 Å². The van der Waals surface area contributed by atoms with Crippen LogP contribution >= 0.6 is 23.2 Å². The van der Waals surface area contributed by atoms with Crippen LogP contribution in [0, 0.1) is 0 Å². The van der Waals surface area contributed by atoms with Gasteiger partial charge in [0.2, 0.25) is 0 Å². The van der Waals surface area contributed by atoms with Crippen molar-refractivity contribution in [2.24, 2.45) is 0 Å². The van der Waals surface area contributed by atoms with E-state index >= 15 is 0 Å². The smallest absolute Gasteiger partial charge is 0.338 e. The van der Waals surface area contributed by atoms with Crippen LogP contribution in [0.4, 0.5) is 0 Å². The van der Waals surface area contributed by atoms with E-state index in [4.69, 9.17) is 37.4 Å². The van der Waals surface area contributed by atoms with Gasteiger partial charge in [0.25, 0.3) is 0 Å². The molecule has 142 valence electrons. The minimum absolute atomic E-state index is 0.00956. The van der Waals surface area contributed by atoms with Crippen LogP contribution in [0.15, 0.2) is 48.5 Å². The summed E-state index contributed by atoms with van der Waals surface area (Å²) in [6.45, 7) is 1.87. The maximum Gasteiger partial charge on any atom is 0.338 e. The quantitative estimate of drug-likeness (QED) is 0.678. The number of benzene rings is 2. The molecule has 0 radical (unpaired) electrons. The molecule has 2 aromatic carbocycles. The van der Waals surface area contributed by atoms with Crippen molar-refractivity contribution in [2.75, 3.05) is 6.61 Å². The molecule has 2 aromatic rings. The van der Waals surface area contributed by atoms with Crippen LogP contribution in [0.5, 0.6) is 0 Å². The highest BCUT2D eigenvalue weighted by molar-refractivity contribution is 6.30. The molecular weight excluding hydrogens is 391 g/mol. The summed E-state index contributed by atoms with van der Waals surface area (Å²) in [5.41, 5.74) is 0.788. The zero-order valence-electron chi connectivity index (χ0n) is 14.6. The summed E-state index contributed by atoms with van der Waals surface area (Å²) < 4.78 is 16.6. The summed E-state index contributed by atoms with van der Waals surface area (Å²) in [6.07, 6.45) is -0.594. The normalized spacial score (nSPS) is 21.7. The average molecular weight is 409 g/mol. The molecule has 0 aromatic heterocycles. The van der Waals surface area contributed by atoms with E-state index in [0.717, 1.165) is 0 Å². The van der Waals surface area contributed by atoms with Crippen LogP contribution in [0.1, 0.15) is 34.1 Å². The van der Waals surface area contributed by atoms with Crippen LogP contribution < -0.4 is 0 Å². The van der Waals surface area contributed by atoms with Gasteiger partial charge in [0.1, 0.15) is 18.8 Å². The molecule has 1 saturated heterocycles. The van der Waals surface area contributed by atoms with E-state index in [1.807, 2.05) is 6.92 Å². The molecule has 0 unspecified atom stereocenters. The highest BCUT2D eigenvalue weighted by Gasteiger charge is 2.37.